The Morgan fingerprint density at radius 3 is 2.39 bits per heavy atom. The van der Waals surface area contributed by atoms with E-state index in [1.807, 2.05) is 26.0 Å². The highest BCUT2D eigenvalue weighted by Crippen LogP contribution is 2.46. The third kappa shape index (κ3) is 8.74. The highest BCUT2D eigenvalue weighted by molar-refractivity contribution is 7.99. The van der Waals surface area contributed by atoms with E-state index >= 15 is 0 Å². The first-order valence-corrected chi connectivity index (χ1v) is 15.9. The predicted molar refractivity (Wildman–Crippen MR) is 150 cm³/mol. The molecule has 2 aromatic rings. The summed E-state index contributed by atoms with van der Waals surface area (Å²) >= 11 is 14.0. The van der Waals surface area contributed by atoms with Crippen molar-refractivity contribution < 1.29 is 28.0 Å². The van der Waals surface area contributed by atoms with Crippen LogP contribution in [0.5, 0.6) is 0 Å². The lowest BCUT2D eigenvalue weighted by atomic mass is 10.1. The molecule has 2 heterocycles. The molecule has 3 N–H and O–H groups in total. The molecule has 9 nitrogen and oxygen atoms in total. The van der Waals surface area contributed by atoms with Gasteiger partial charge in [-0.1, -0.05) is 48.8 Å². The molecule has 210 valence electrons. The molecule has 0 radical (unpaired) electrons. The number of primary amides is 1. The fourth-order valence-corrected chi connectivity index (χ4v) is 8.01. The molecule has 1 atom stereocenters. The Hall–Kier alpha value is -1.52. The van der Waals surface area contributed by atoms with Crippen LogP contribution in [0, 0.1) is 0 Å². The standard InChI is InChI=1S/C25H35Cl2N4O5PS/c1-5-35-37(33,36-6-2)16-30-9-7-18(8-10-30)14-31-22(15-34-25(28)32)29-23(17(3)4)24(31)38-21-12-19(26)11-20(27)13-21/h7,11-13,17H,5-6,8-10,14-16H2,1-4H3,(H2,28,32)/p+1. The normalized spacial score (nSPS) is 16.1. The zero-order chi connectivity index (χ0) is 27.9. The Morgan fingerprint density at radius 1 is 1.21 bits per heavy atom. The number of ether oxygens (including phenoxy) is 1. The minimum Gasteiger partial charge on any atom is -0.442 e. The van der Waals surface area contributed by atoms with Gasteiger partial charge in [-0.2, -0.15) is 0 Å². The average molecular weight is 607 g/mol. The van der Waals surface area contributed by atoms with Crippen LogP contribution >= 0.6 is 42.6 Å². The molecule has 0 spiro atoms. The lowest BCUT2D eigenvalue weighted by Crippen LogP contribution is -3.12. The second kappa shape index (κ2) is 14.2. The Kier molecular flexibility index (Phi) is 11.6. The lowest BCUT2D eigenvalue weighted by molar-refractivity contribution is -0.884. The van der Waals surface area contributed by atoms with Crippen molar-refractivity contribution >= 4 is 48.7 Å². The summed E-state index contributed by atoms with van der Waals surface area (Å²) in [5.74, 6) is 0.725. The second-order valence-electron chi connectivity index (χ2n) is 9.20. The van der Waals surface area contributed by atoms with Crippen LogP contribution in [-0.4, -0.2) is 48.2 Å². The summed E-state index contributed by atoms with van der Waals surface area (Å²) in [7, 11) is -3.13. The first-order chi connectivity index (χ1) is 18.0. The number of hydrogen-bond donors (Lipinski definition) is 2. The maximum Gasteiger partial charge on any atom is 0.404 e. The Morgan fingerprint density at radius 2 is 1.87 bits per heavy atom. The molecule has 38 heavy (non-hydrogen) atoms. The lowest BCUT2D eigenvalue weighted by Gasteiger charge is -2.27. The number of nitrogens with two attached hydrogens (primary N) is 1. The number of rotatable bonds is 13. The summed E-state index contributed by atoms with van der Waals surface area (Å²) < 4.78 is 31.1. The Labute approximate surface area is 238 Å². The molecular formula is C25H36Cl2N4O5PS+. The van der Waals surface area contributed by atoms with Crippen LogP contribution in [0.1, 0.15) is 51.6 Å². The van der Waals surface area contributed by atoms with Gasteiger partial charge in [0.05, 0.1) is 32.0 Å². The quantitative estimate of drug-likeness (QED) is 0.229. The highest BCUT2D eigenvalue weighted by Gasteiger charge is 2.31. The molecule has 0 saturated carbocycles. The van der Waals surface area contributed by atoms with E-state index < -0.39 is 13.7 Å². The van der Waals surface area contributed by atoms with Crippen LogP contribution in [0.2, 0.25) is 10.0 Å². The third-order valence-corrected chi connectivity index (χ3v) is 9.54. The number of nitrogens with zero attached hydrogens (tertiary/aromatic N) is 2. The van der Waals surface area contributed by atoms with Crippen LogP contribution in [0.25, 0.3) is 0 Å². The summed E-state index contributed by atoms with van der Waals surface area (Å²) in [6, 6.07) is 5.40. The molecule has 0 bridgehead atoms. The van der Waals surface area contributed by atoms with Gasteiger partial charge >= 0.3 is 13.7 Å². The van der Waals surface area contributed by atoms with Crippen molar-refractivity contribution in [1.82, 2.24) is 9.55 Å². The summed E-state index contributed by atoms with van der Waals surface area (Å²) in [4.78, 5) is 18.2. The van der Waals surface area contributed by atoms with Crippen LogP contribution in [0.3, 0.4) is 0 Å². The number of halogens is 2. The van der Waals surface area contributed by atoms with E-state index in [1.165, 1.54) is 17.3 Å². The molecule has 0 fully saturated rings. The molecule has 1 amide bonds. The van der Waals surface area contributed by atoms with Gasteiger partial charge in [-0.25, -0.2) is 9.78 Å². The van der Waals surface area contributed by atoms with Crippen molar-refractivity contribution in [2.24, 2.45) is 5.73 Å². The van der Waals surface area contributed by atoms with Crippen LogP contribution in [0.4, 0.5) is 4.79 Å². The summed E-state index contributed by atoms with van der Waals surface area (Å²) in [6.45, 7) is 10.5. The number of hydrogen-bond acceptors (Lipinski definition) is 7. The van der Waals surface area contributed by atoms with Gasteiger partial charge in [-0.15, -0.1) is 0 Å². The smallest absolute Gasteiger partial charge is 0.404 e. The topological polar surface area (TPSA) is 110 Å². The number of carbonyl (C=O) groups excluding carboxylic acids is 1. The van der Waals surface area contributed by atoms with E-state index in [0.717, 1.165) is 33.5 Å². The highest BCUT2D eigenvalue weighted by atomic mass is 35.5. The van der Waals surface area contributed by atoms with Gasteiger partial charge in [-0.3, -0.25) is 4.57 Å². The fourth-order valence-electron chi connectivity index (χ4n) is 4.21. The number of amides is 1. The van der Waals surface area contributed by atoms with Gasteiger partial charge in [0.2, 0.25) is 0 Å². The van der Waals surface area contributed by atoms with E-state index in [9.17, 15) is 9.36 Å². The van der Waals surface area contributed by atoms with Crippen molar-refractivity contribution in [2.45, 2.75) is 63.1 Å². The zero-order valence-electron chi connectivity index (χ0n) is 22.2. The molecular weight excluding hydrogens is 570 g/mol. The molecule has 1 unspecified atom stereocenters. The van der Waals surface area contributed by atoms with Crippen LogP contribution in [-0.2, 0) is 31.5 Å². The Balaban J connectivity index is 1.89. The minimum absolute atomic E-state index is 0.0392. The van der Waals surface area contributed by atoms with Crippen molar-refractivity contribution in [2.75, 3.05) is 32.6 Å². The van der Waals surface area contributed by atoms with Crippen molar-refractivity contribution in [1.29, 1.82) is 0 Å². The molecule has 0 saturated heterocycles. The number of quaternary nitrogens is 1. The van der Waals surface area contributed by atoms with Crippen molar-refractivity contribution in [3.8, 4) is 0 Å². The fraction of sp³-hybridized carbons (Fsp3) is 0.520. The molecule has 3 rings (SSSR count). The molecule has 0 aliphatic carbocycles. The zero-order valence-corrected chi connectivity index (χ0v) is 25.4. The number of imidazole rings is 1. The van der Waals surface area contributed by atoms with E-state index in [4.69, 9.17) is 47.7 Å². The maximum absolute atomic E-state index is 13.0. The van der Waals surface area contributed by atoms with Crippen LogP contribution in [0.15, 0.2) is 39.8 Å². The molecule has 1 aliphatic rings. The van der Waals surface area contributed by atoms with Gasteiger partial charge in [-0.05, 0) is 49.6 Å². The van der Waals surface area contributed by atoms with Gasteiger partial charge in [0.25, 0.3) is 0 Å². The number of carbonyl (C=O) groups is 1. The average Bonchev–Trinajstić information content (AvgIpc) is 3.15. The SMILES string of the molecule is CCOP(=O)(C[NH+]1CC=C(Cn2c(COC(N)=O)nc(C(C)C)c2Sc2cc(Cl)cc(Cl)c2)CC1)OCC. The van der Waals surface area contributed by atoms with Crippen molar-refractivity contribution in [3.63, 3.8) is 0 Å². The predicted octanol–water partition coefficient (Wildman–Crippen LogP) is 5.50. The van der Waals surface area contributed by atoms with Crippen molar-refractivity contribution in [3.05, 3.63) is 51.4 Å². The van der Waals surface area contributed by atoms with Gasteiger partial charge in [0.15, 0.2) is 12.9 Å². The number of aromatic nitrogens is 2. The maximum atomic E-state index is 13.0. The van der Waals surface area contributed by atoms with E-state index in [-0.39, 0.29) is 12.5 Å². The first-order valence-electron chi connectivity index (χ1n) is 12.6. The summed E-state index contributed by atoms with van der Waals surface area (Å²) in [5.41, 5.74) is 7.34. The number of nitrogens with one attached hydrogen (secondary N) is 1. The van der Waals surface area contributed by atoms with Gasteiger partial charge in [0.1, 0.15) is 10.9 Å². The van der Waals surface area contributed by atoms with E-state index in [0.29, 0.717) is 48.5 Å². The van der Waals surface area contributed by atoms with Gasteiger partial charge < -0.3 is 29.0 Å². The van der Waals surface area contributed by atoms with Crippen LogP contribution < -0.4 is 10.6 Å². The summed E-state index contributed by atoms with van der Waals surface area (Å²) in [6.07, 6.45) is 2.44. The molecule has 1 aromatic carbocycles. The molecule has 13 heteroatoms. The minimum atomic E-state index is -3.13. The third-order valence-electron chi connectivity index (χ3n) is 5.88. The van der Waals surface area contributed by atoms with Gasteiger partial charge in [0, 0.05) is 27.9 Å². The first kappa shape index (κ1) is 31.0. The van der Waals surface area contributed by atoms with E-state index in [1.54, 1.807) is 6.07 Å². The van der Waals surface area contributed by atoms with E-state index in [2.05, 4.69) is 24.5 Å². The number of benzene rings is 1. The molecule has 1 aromatic heterocycles. The second-order valence-corrected chi connectivity index (χ2v) is 13.2. The monoisotopic (exact) mass is 605 g/mol. The molecule has 1 aliphatic heterocycles. The Bertz CT molecular complexity index is 1180. The largest absolute Gasteiger partial charge is 0.442 e. The summed E-state index contributed by atoms with van der Waals surface area (Å²) in [5, 5.41) is 2.02.